The molecule has 1 heterocycles. The fraction of sp³-hybridized carbons (Fsp3) is 0.227. The summed E-state index contributed by atoms with van der Waals surface area (Å²) < 4.78 is 12.3. The van der Waals surface area contributed by atoms with Crippen LogP contribution in [0.3, 0.4) is 0 Å². The maximum Gasteiger partial charge on any atom is 0.266 e. The zero-order valence-electron chi connectivity index (χ0n) is 16.2. The Hall–Kier alpha value is -3.61. The van der Waals surface area contributed by atoms with Crippen molar-refractivity contribution in [3.63, 3.8) is 0 Å². The monoisotopic (exact) mass is 393 g/mol. The third-order valence-corrected chi connectivity index (χ3v) is 4.09. The zero-order chi connectivity index (χ0) is 20.5. The molecule has 0 aliphatic rings. The molecule has 0 fully saturated rings. The van der Waals surface area contributed by atoms with Gasteiger partial charge in [-0.2, -0.15) is 5.10 Å². The van der Waals surface area contributed by atoms with Crippen LogP contribution >= 0.6 is 0 Å². The number of carbonyl (C=O) groups is 1. The van der Waals surface area contributed by atoms with E-state index < -0.39 is 0 Å². The smallest absolute Gasteiger partial charge is 0.266 e. The van der Waals surface area contributed by atoms with Crippen molar-refractivity contribution >= 4 is 5.91 Å². The lowest BCUT2D eigenvalue weighted by atomic mass is 10.1. The molecule has 2 aromatic carbocycles. The average Bonchev–Trinajstić information content (AvgIpc) is 2.75. The normalized spacial score (nSPS) is 10.4. The van der Waals surface area contributed by atoms with Gasteiger partial charge < -0.3 is 14.8 Å². The SMILES string of the molecule is CCOc1ccccc1OCC(=O)NCCn1nc(-c2ccccc2)ccc1=O. The van der Waals surface area contributed by atoms with Crippen molar-refractivity contribution in [3.05, 3.63) is 77.1 Å². The second kappa shape index (κ2) is 10.1. The zero-order valence-corrected chi connectivity index (χ0v) is 16.2. The minimum Gasteiger partial charge on any atom is -0.490 e. The van der Waals surface area contributed by atoms with Gasteiger partial charge in [0.2, 0.25) is 0 Å². The Bertz CT molecular complexity index is 1000. The summed E-state index contributed by atoms with van der Waals surface area (Å²) in [6.45, 7) is 2.78. The summed E-state index contributed by atoms with van der Waals surface area (Å²) in [4.78, 5) is 24.1. The number of hydrogen-bond donors (Lipinski definition) is 1. The molecule has 0 unspecified atom stereocenters. The summed E-state index contributed by atoms with van der Waals surface area (Å²) in [6.07, 6.45) is 0. The average molecular weight is 393 g/mol. The molecule has 0 radical (unpaired) electrons. The summed E-state index contributed by atoms with van der Waals surface area (Å²) >= 11 is 0. The van der Waals surface area contributed by atoms with Crippen LogP contribution in [-0.4, -0.2) is 35.4 Å². The molecular formula is C22H23N3O4. The first kappa shape index (κ1) is 20.1. The molecule has 3 rings (SSSR count). The summed E-state index contributed by atoms with van der Waals surface area (Å²) in [7, 11) is 0. The summed E-state index contributed by atoms with van der Waals surface area (Å²) in [5.74, 6) is 0.817. The Balaban J connectivity index is 1.52. The summed E-state index contributed by atoms with van der Waals surface area (Å²) in [5.41, 5.74) is 1.40. The van der Waals surface area contributed by atoms with Crippen LogP contribution in [0.5, 0.6) is 11.5 Å². The Morgan fingerprint density at radius 2 is 1.66 bits per heavy atom. The molecule has 1 N–H and O–H groups in total. The van der Waals surface area contributed by atoms with Crippen LogP contribution in [0, 0.1) is 0 Å². The van der Waals surface area contributed by atoms with Gasteiger partial charge in [-0.05, 0) is 25.1 Å². The molecule has 1 amide bonds. The van der Waals surface area contributed by atoms with E-state index in [2.05, 4.69) is 10.4 Å². The van der Waals surface area contributed by atoms with Crippen molar-refractivity contribution in [2.24, 2.45) is 0 Å². The molecule has 0 saturated carbocycles. The minimum absolute atomic E-state index is 0.142. The van der Waals surface area contributed by atoms with E-state index in [0.29, 0.717) is 23.8 Å². The standard InChI is InChI=1S/C22H23N3O4/c1-2-28-19-10-6-7-11-20(19)29-16-21(26)23-14-15-25-22(27)13-12-18(24-25)17-8-4-3-5-9-17/h3-13H,2,14-16H2,1H3,(H,23,26). The van der Waals surface area contributed by atoms with Gasteiger partial charge >= 0.3 is 0 Å². The van der Waals surface area contributed by atoms with Gasteiger partial charge in [-0.1, -0.05) is 42.5 Å². The minimum atomic E-state index is -0.288. The number of carbonyl (C=O) groups excluding carboxylic acids is 1. The number of ether oxygens (including phenoxy) is 2. The van der Waals surface area contributed by atoms with Crippen molar-refractivity contribution in [3.8, 4) is 22.8 Å². The third-order valence-electron chi connectivity index (χ3n) is 4.09. The fourth-order valence-corrected chi connectivity index (χ4v) is 2.71. The highest BCUT2D eigenvalue weighted by Crippen LogP contribution is 2.26. The molecule has 1 aromatic heterocycles. The number of para-hydroxylation sites is 2. The predicted octanol–water partition coefficient (Wildman–Crippen LogP) is 2.50. The van der Waals surface area contributed by atoms with Crippen molar-refractivity contribution in [2.75, 3.05) is 19.8 Å². The van der Waals surface area contributed by atoms with Gasteiger partial charge in [-0.15, -0.1) is 0 Å². The van der Waals surface area contributed by atoms with Crippen molar-refractivity contribution in [2.45, 2.75) is 13.5 Å². The first-order chi connectivity index (χ1) is 14.2. The molecule has 0 spiro atoms. The van der Waals surface area contributed by atoms with E-state index in [4.69, 9.17) is 9.47 Å². The Labute approximate surface area is 168 Å². The van der Waals surface area contributed by atoms with E-state index in [1.54, 1.807) is 18.2 Å². The number of amides is 1. The van der Waals surface area contributed by atoms with Crippen LogP contribution in [-0.2, 0) is 11.3 Å². The van der Waals surface area contributed by atoms with E-state index in [1.165, 1.54) is 10.7 Å². The van der Waals surface area contributed by atoms with Gasteiger partial charge in [0.05, 0.1) is 18.8 Å². The number of rotatable bonds is 9. The van der Waals surface area contributed by atoms with E-state index in [-0.39, 0.29) is 31.2 Å². The summed E-state index contributed by atoms with van der Waals surface area (Å²) in [6, 6.07) is 20.0. The van der Waals surface area contributed by atoms with Gasteiger partial charge in [-0.3, -0.25) is 9.59 Å². The molecule has 3 aromatic rings. The molecule has 0 bridgehead atoms. The van der Waals surface area contributed by atoms with Crippen LogP contribution < -0.4 is 20.3 Å². The van der Waals surface area contributed by atoms with Crippen LogP contribution in [0.25, 0.3) is 11.3 Å². The van der Waals surface area contributed by atoms with E-state index >= 15 is 0 Å². The molecule has 29 heavy (non-hydrogen) atoms. The second-order valence-corrected chi connectivity index (χ2v) is 6.16. The highest BCUT2D eigenvalue weighted by molar-refractivity contribution is 5.77. The molecule has 0 aliphatic carbocycles. The van der Waals surface area contributed by atoms with Crippen molar-refractivity contribution < 1.29 is 14.3 Å². The Morgan fingerprint density at radius 1 is 0.966 bits per heavy atom. The first-order valence-corrected chi connectivity index (χ1v) is 9.42. The molecule has 0 atom stereocenters. The molecule has 0 saturated heterocycles. The van der Waals surface area contributed by atoms with Gasteiger partial charge in [0, 0.05) is 18.2 Å². The third kappa shape index (κ3) is 5.68. The van der Waals surface area contributed by atoms with E-state index in [0.717, 1.165) is 5.56 Å². The number of hydrogen-bond acceptors (Lipinski definition) is 5. The fourth-order valence-electron chi connectivity index (χ4n) is 2.71. The van der Waals surface area contributed by atoms with E-state index in [9.17, 15) is 9.59 Å². The lowest BCUT2D eigenvalue weighted by Gasteiger charge is -2.12. The first-order valence-electron chi connectivity index (χ1n) is 9.42. The molecule has 7 heteroatoms. The maximum atomic E-state index is 12.1. The number of benzene rings is 2. The van der Waals surface area contributed by atoms with Gasteiger partial charge in [-0.25, -0.2) is 4.68 Å². The number of nitrogens with zero attached hydrogens (tertiary/aromatic N) is 2. The highest BCUT2D eigenvalue weighted by atomic mass is 16.5. The molecular weight excluding hydrogens is 370 g/mol. The van der Waals surface area contributed by atoms with E-state index in [1.807, 2.05) is 49.4 Å². The Morgan fingerprint density at radius 3 is 2.38 bits per heavy atom. The van der Waals surface area contributed by atoms with Crippen LogP contribution in [0.1, 0.15) is 6.92 Å². The lowest BCUT2D eigenvalue weighted by Crippen LogP contribution is -2.34. The van der Waals surface area contributed by atoms with Crippen LogP contribution in [0.15, 0.2) is 71.5 Å². The van der Waals surface area contributed by atoms with Crippen LogP contribution in [0.2, 0.25) is 0 Å². The van der Waals surface area contributed by atoms with Gasteiger partial charge in [0.1, 0.15) is 0 Å². The lowest BCUT2D eigenvalue weighted by molar-refractivity contribution is -0.123. The summed E-state index contributed by atoms with van der Waals surface area (Å²) in [5, 5.41) is 7.10. The van der Waals surface area contributed by atoms with Crippen molar-refractivity contribution in [1.82, 2.24) is 15.1 Å². The molecule has 7 nitrogen and oxygen atoms in total. The quantitative estimate of drug-likeness (QED) is 0.604. The molecule has 0 aliphatic heterocycles. The van der Waals surface area contributed by atoms with Gasteiger partial charge in [0.25, 0.3) is 11.5 Å². The molecule has 150 valence electrons. The largest absolute Gasteiger partial charge is 0.490 e. The highest BCUT2D eigenvalue weighted by Gasteiger charge is 2.08. The number of nitrogens with one attached hydrogen (secondary N) is 1. The Kier molecular flexibility index (Phi) is 7.00. The second-order valence-electron chi connectivity index (χ2n) is 6.16. The predicted molar refractivity (Wildman–Crippen MR) is 110 cm³/mol. The van der Waals surface area contributed by atoms with Crippen molar-refractivity contribution in [1.29, 1.82) is 0 Å². The topological polar surface area (TPSA) is 82.4 Å². The maximum absolute atomic E-state index is 12.1. The van der Waals surface area contributed by atoms with Gasteiger partial charge in [0.15, 0.2) is 18.1 Å². The van der Waals surface area contributed by atoms with Crippen LogP contribution in [0.4, 0.5) is 0 Å². The number of aromatic nitrogens is 2.